The minimum atomic E-state index is -4.85. The van der Waals surface area contributed by atoms with Crippen LogP contribution in [0.3, 0.4) is 0 Å². The molecule has 0 bridgehead atoms. The highest BCUT2D eigenvalue weighted by Crippen LogP contribution is 2.50. The van der Waals surface area contributed by atoms with Gasteiger partial charge < -0.3 is 18.9 Å². The van der Waals surface area contributed by atoms with E-state index in [4.69, 9.17) is 0 Å². The van der Waals surface area contributed by atoms with Gasteiger partial charge in [0.2, 0.25) is 0 Å². The molecule has 11 aromatic carbocycles. The van der Waals surface area contributed by atoms with Crippen molar-refractivity contribution < 1.29 is 26.3 Å². The molecule has 0 aliphatic rings. The summed E-state index contributed by atoms with van der Waals surface area (Å²) in [5.74, 6) is 0. The highest BCUT2D eigenvalue weighted by molar-refractivity contribution is 6.15. The van der Waals surface area contributed by atoms with Gasteiger partial charge in [0.05, 0.1) is 67.8 Å². The van der Waals surface area contributed by atoms with Crippen molar-refractivity contribution in [2.24, 2.45) is 0 Å². The third kappa shape index (κ3) is 8.71. The Balaban J connectivity index is 1.24. The first-order valence-electron chi connectivity index (χ1n) is 26.2. The summed E-state index contributed by atoms with van der Waals surface area (Å²) in [6.45, 7) is 0. The van der Waals surface area contributed by atoms with Crippen LogP contribution in [0.2, 0.25) is 0 Å². The normalized spacial score (nSPS) is 11.8. The number of benzene rings is 11. The molecule has 0 radical (unpaired) electrons. The molecule has 13 rings (SSSR count). The number of para-hydroxylation sites is 4. The third-order valence-electron chi connectivity index (χ3n) is 15.0. The molecule has 2 aromatic heterocycles. The van der Waals surface area contributed by atoms with Crippen LogP contribution in [0.5, 0.6) is 0 Å². The van der Waals surface area contributed by atoms with Gasteiger partial charge in [0, 0.05) is 77.9 Å². The van der Waals surface area contributed by atoms with Gasteiger partial charge >= 0.3 is 12.4 Å². The van der Waals surface area contributed by atoms with Crippen molar-refractivity contribution >= 4 is 77.7 Å². The minimum Gasteiger partial charge on any atom is -0.310 e. The Morgan fingerprint density at radius 1 is 0.293 bits per heavy atom. The number of nitriles is 2. The van der Waals surface area contributed by atoms with Crippen molar-refractivity contribution in [1.29, 1.82) is 10.5 Å². The molecule has 13 aromatic rings. The van der Waals surface area contributed by atoms with Gasteiger partial charge in [-0.15, -0.1) is 0 Å². The fourth-order valence-electron chi connectivity index (χ4n) is 11.4. The van der Waals surface area contributed by atoms with Crippen LogP contribution in [-0.4, -0.2) is 9.13 Å². The topological polar surface area (TPSA) is 63.9 Å². The molecule has 0 aliphatic carbocycles. The largest absolute Gasteiger partial charge is 0.416 e. The molecule has 2 heterocycles. The third-order valence-corrected chi connectivity index (χ3v) is 15.0. The molecular weight excluding hydrogens is 1040 g/mol. The Kier molecular flexibility index (Phi) is 12.4. The van der Waals surface area contributed by atoms with Crippen LogP contribution < -0.4 is 9.80 Å². The van der Waals surface area contributed by atoms with Crippen LogP contribution in [0, 0.1) is 22.7 Å². The molecule has 0 amide bonds. The van der Waals surface area contributed by atoms with Gasteiger partial charge in [-0.1, -0.05) is 121 Å². The van der Waals surface area contributed by atoms with Crippen molar-refractivity contribution in [3.05, 3.63) is 277 Å². The molecule has 82 heavy (non-hydrogen) atoms. The van der Waals surface area contributed by atoms with E-state index >= 15 is 0 Å². The number of alkyl halides is 6. The van der Waals surface area contributed by atoms with Gasteiger partial charge in [-0.2, -0.15) is 36.9 Å². The van der Waals surface area contributed by atoms with Gasteiger partial charge in [0.25, 0.3) is 0 Å². The monoisotopic (exact) mass is 1080 g/mol. The molecule has 0 N–H and O–H groups in total. The van der Waals surface area contributed by atoms with Gasteiger partial charge in [-0.3, -0.25) is 0 Å². The van der Waals surface area contributed by atoms with Crippen LogP contribution in [0.15, 0.2) is 255 Å². The van der Waals surface area contributed by atoms with Crippen LogP contribution >= 0.6 is 0 Å². The predicted octanol–water partition coefficient (Wildman–Crippen LogP) is 19.9. The molecule has 0 atom stereocenters. The highest BCUT2D eigenvalue weighted by atomic mass is 19.4. The molecule has 0 saturated carbocycles. The van der Waals surface area contributed by atoms with E-state index in [-0.39, 0.29) is 27.4 Å². The number of anilines is 6. The average molecular weight is 1080 g/mol. The number of aromatic nitrogens is 2. The number of rotatable bonds is 10. The zero-order chi connectivity index (χ0) is 56.3. The smallest absolute Gasteiger partial charge is 0.310 e. The summed E-state index contributed by atoms with van der Waals surface area (Å²) in [5, 5.41) is 23.2. The predicted molar refractivity (Wildman–Crippen MR) is 315 cm³/mol. The van der Waals surface area contributed by atoms with Crippen molar-refractivity contribution in [2.75, 3.05) is 9.80 Å². The van der Waals surface area contributed by atoms with E-state index in [2.05, 4.69) is 38.6 Å². The highest BCUT2D eigenvalue weighted by Gasteiger charge is 2.35. The number of hydrogen-bond donors (Lipinski definition) is 0. The summed E-state index contributed by atoms with van der Waals surface area (Å²) in [5.41, 5.74) is 8.01. The summed E-state index contributed by atoms with van der Waals surface area (Å²) in [4.78, 5) is 4.32. The Hall–Kier alpha value is -10.8. The number of hydrogen-bond acceptors (Lipinski definition) is 4. The number of halogens is 6. The number of fused-ring (bicyclic) bond motifs is 6. The van der Waals surface area contributed by atoms with Crippen molar-refractivity contribution in [1.82, 2.24) is 9.13 Å². The van der Waals surface area contributed by atoms with E-state index in [9.17, 15) is 36.9 Å². The maximum absolute atomic E-state index is 14.8. The molecule has 0 spiro atoms. The second kappa shape index (κ2) is 20.1. The molecule has 0 fully saturated rings. The lowest BCUT2D eigenvalue weighted by Gasteiger charge is -2.26. The SMILES string of the molecule is N#Cc1ccccc1-c1ccc(-c2ccccc2C#N)c(-n2c3ccc(C(F)(F)F)cc3c3cc(C(F)(F)F)ccc32)c1-n1c2ccc(N(c3ccccc3)c3ccccc3)cc2c2cc(N(c3ccccc3)c3ccccc3)ccc21. The van der Waals surface area contributed by atoms with E-state index in [0.717, 1.165) is 69.2 Å². The Morgan fingerprint density at radius 2 is 0.585 bits per heavy atom. The Morgan fingerprint density at radius 3 is 0.902 bits per heavy atom. The summed E-state index contributed by atoms with van der Waals surface area (Å²) < 4.78 is 92.8. The molecule has 0 aliphatic heterocycles. The average Bonchev–Trinajstić information content (AvgIpc) is 3.99. The first-order valence-corrected chi connectivity index (χ1v) is 26.2. The van der Waals surface area contributed by atoms with Gasteiger partial charge in [0.15, 0.2) is 0 Å². The van der Waals surface area contributed by atoms with E-state index in [1.54, 1.807) is 41.0 Å². The Bertz CT molecular complexity index is 4400. The molecule has 0 saturated heterocycles. The summed E-state index contributed by atoms with van der Waals surface area (Å²) in [7, 11) is 0. The van der Waals surface area contributed by atoms with Gasteiger partial charge in [-0.05, 0) is 133 Å². The van der Waals surface area contributed by atoms with Gasteiger partial charge in [0.1, 0.15) is 0 Å². The van der Waals surface area contributed by atoms with Crippen molar-refractivity contribution in [3.8, 4) is 45.8 Å². The van der Waals surface area contributed by atoms with Gasteiger partial charge in [-0.25, -0.2) is 0 Å². The van der Waals surface area contributed by atoms with Crippen molar-refractivity contribution in [3.63, 3.8) is 0 Å². The lowest BCUT2D eigenvalue weighted by atomic mass is 9.91. The lowest BCUT2D eigenvalue weighted by Crippen LogP contribution is -2.10. The second-order valence-electron chi connectivity index (χ2n) is 19.7. The zero-order valence-corrected chi connectivity index (χ0v) is 43.2. The summed E-state index contributed by atoms with van der Waals surface area (Å²) in [6.07, 6.45) is -9.69. The minimum absolute atomic E-state index is 0.0791. The fraction of sp³-hybridized carbons (Fsp3) is 0.0286. The van der Waals surface area contributed by atoms with E-state index < -0.39 is 23.5 Å². The van der Waals surface area contributed by atoms with E-state index in [1.165, 1.54) is 12.1 Å². The van der Waals surface area contributed by atoms with E-state index in [0.29, 0.717) is 50.2 Å². The van der Waals surface area contributed by atoms with Crippen molar-refractivity contribution in [2.45, 2.75) is 12.4 Å². The second-order valence-corrected chi connectivity index (χ2v) is 19.7. The summed E-state index contributed by atoms with van der Waals surface area (Å²) >= 11 is 0. The Labute approximate surface area is 466 Å². The summed E-state index contributed by atoms with van der Waals surface area (Å²) in [6, 6.07) is 80.9. The number of nitrogens with zero attached hydrogens (tertiary/aromatic N) is 6. The van der Waals surface area contributed by atoms with Crippen LogP contribution in [0.25, 0.3) is 77.2 Å². The zero-order valence-electron chi connectivity index (χ0n) is 43.2. The molecule has 394 valence electrons. The lowest BCUT2D eigenvalue weighted by molar-refractivity contribution is -0.138. The molecule has 6 nitrogen and oxygen atoms in total. The first-order chi connectivity index (χ1) is 39.9. The maximum atomic E-state index is 14.8. The maximum Gasteiger partial charge on any atom is 0.416 e. The molecule has 12 heteroatoms. The quantitative estimate of drug-likeness (QED) is 0.128. The van der Waals surface area contributed by atoms with Crippen LogP contribution in [0.4, 0.5) is 60.5 Å². The first kappa shape index (κ1) is 50.7. The molecule has 0 unspecified atom stereocenters. The molecular formula is C70H42F6N6. The van der Waals surface area contributed by atoms with Crippen LogP contribution in [-0.2, 0) is 12.4 Å². The fourth-order valence-corrected chi connectivity index (χ4v) is 11.4. The van der Waals surface area contributed by atoms with Crippen LogP contribution in [0.1, 0.15) is 22.3 Å². The standard InChI is InChI=1S/C70H42F6N6/c71-69(72,73)47-29-35-63-59(39-47)60-40-48(70(74,75)76)30-36-64(60)81(63)67-57(55-27-15-13-17-45(55)43-77)33-34-58(56-28-16-14-18-46(56)44-78)68(67)82-65-37-31-53(79(49-19-5-1-6-20-49)50-21-7-2-8-22-50)41-61(65)62-42-54(32-38-66(62)82)80(51-23-9-3-10-24-51)52-25-11-4-12-26-52/h1-42H. The van der Waals surface area contributed by atoms with E-state index in [1.807, 2.05) is 170 Å².